The first-order chi connectivity index (χ1) is 14.7. The zero-order chi connectivity index (χ0) is 20.5. The van der Waals surface area contributed by atoms with Gasteiger partial charge in [-0.05, 0) is 68.5 Å². The van der Waals surface area contributed by atoms with E-state index in [0.717, 1.165) is 55.0 Å². The number of rotatable bonds is 6. The van der Waals surface area contributed by atoms with E-state index in [2.05, 4.69) is 15.1 Å². The number of hydrogen-bond acceptors (Lipinski definition) is 4. The summed E-state index contributed by atoms with van der Waals surface area (Å²) in [5.74, 6) is 1.56. The first-order valence-electron chi connectivity index (χ1n) is 11.1. The minimum Gasteiger partial charge on any atom is -0.489 e. The Bertz CT molecular complexity index is 883. The second-order valence-electron chi connectivity index (χ2n) is 8.76. The van der Waals surface area contributed by atoms with Gasteiger partial charge in [-0.2, -0.15) is 0 Å². The lowest BCUT2D eigenvalue weighted by Crippen LogP contribution is -2.49. The van der Waals surface area contributed by atoms with Gasteiger partial charge in [0.2, 0.25) is 0 Å². The van der Waals surface area contributed by atoms with E-state index in [4.69, 9.17) is 16.3 Å². The summed E-state index contributed by atoms with van der Waals surface area (Å²) in [4.78, 5) is 5.04. The molecule has 4 nitrogen and oxygen atoms in total. The van der Waals surface area contributed by atoms with Crippen LogP contribution in [0, 0.1) is 11.7 Å². The van der Waals surface area contributed by atoms with Crippen LogP contribution in [0.25, 0.3) is 0 Å². The van der Waals surface area contributed by atoms with Crippen LogP contribution in [0.1, 0.15) is 31.2 Å². The Morgan fingerprint density at radius 1 is 1.10 bits per heavy atom. The summed E-state index contributed by atoms with van der Waals surface area (Å²) in [5, 5.41) is 4.39. The van der Waals surface area contributed by atoms with Crippen LogP contribution in [0.3, 0.4) is 0 Å². The lowest BCUT2D eigenvalue weighted by molar-refractivity contribution is 0.170. The molecular formula is C24H29ClFN3O. The molecule has 0 bridgehead atoms. The second kappa shape index (κ2) is 8.64. The highest BCUT2D eigenvalue weighted by atomic mass is 35.5. The van der Waals surface area contributed by atoms with Gasteiger partial charge >= 0.3 is 0 Å². The predicted molar refractivity (Wildman–Crippen MR) is 120 cm³/mol. The number of ether oxygens (including phenoxy) is 1. The molecule has 0 radical (unpaired) electrons. The quantitative estimate of drug-likeness (QED) is 0.686. The Morgan fingerprint density at radius 2 is 1.90 bits per heavy atom. The van der Waals surface area contributed by atoms with Gasteiger partial charge in [-0.1, -0.05) is 30.2 Å². The van der Waals surface area contributed by atoms with E-state index >= 15 is 0 Å². The monoisotopic (exact) mass is 429 g/mol. The molecule has 0 aromatic heterocycles. The fraction of sp³-hybridized carbons (Fsp3) is 0.500. The Morgan fingerprint density at radius 3 is 2.70 bits per heavy atom. The smallest absolute Gasteiger partial charge is 0.146 e. The van der Waals surface area contributed by atoms with E-state index in [9.17, 15) is 4.39 Å². The second-order valence-corrected chi connectivity index (χ2v) is 9.20. The molecule has 3 heterocycles. The van der Waals surface area contributed by atoms with Crippen molar-refractivity contribution in [2.45, 2.75) is 38.3 Å². The van der Waals surface area contributed by atoms with Crippen LogP contribution in [0.15, 0.2) is 36.4 Å². The molecule has 1 N–H and O–H groups in total. The van der Waals surface area contributed by atoms with Gasteiger partial charge in [0, 0.05) is 17.6 Å². The van der Waals surface area contributed by atoms with Gasteiger partial charge in [-0.25, -0.2) is 4.39 Å². The van der Waals surface area contributed by atoms with Crippen LogP contribution >= 0.6 is 11.6 Å². The molecule has 6 heteroatoms. The molecule has 1 atom stereocenters. The summed E-state index contributed by atoms with van der Waals surface area (Å²) >= 11 is 6.26. The van der Waals surface area contributed by atoms with Crippen molar-refractivity contribution >= 4 is 23.0 Å². The van der Waals surface area contributed by atoms with Crippen molar-refractivity contribution < 1.29 is 9.13 Å². The lowest BCUT2D eigenvalue weighted by Gasteiger charge is -2.37. The van der Waals surface area contributed by atoms with Gasteiger partial charge in [0.15, 0.2) is 0 Å². The molecule has 0 spiro atoms. The summed E-state index contributed by atoms with van der Waals surface area (Å²) < 4.78 is 18.8. The number of halogens is 2. The van der Waals surface area contributed by atoms with Crippen molar-refractivity contribution in [1.82, 2.24) is 4.90 Å². The predicted octanol–water partition coefficient (Wildman–Crippen LogP) is 5.16. The van der Waals surface area contributed by atoms with Gasteiger partial charge in [0.25, 0.3) is 0 Å². The zero-order valence-electron chi connectivity index (χ0n) is 17.2. The number of nitrogens with one attached hydrogen (secondary N) is 1. The highest BCUT2D eigenvalue weighted by molar-refractivity contribution is 6.31. The molecule has 0 amide bonds. The third kappa shape index (κ3) is 4.23. The van der Waals surface area contributed by atoms with E-state index in [1.54, 1.807) is 12.1 Å². The number of piperidine rings is 1. The standard InChI is InChI=1S/C24H29ClFN3O/c25-19-14-21-24-22(15-19)30-13-12-29(24)23(27-21)16-28-10-8-18(9-11-28)3-1-2-17-4-6-20(26)7-5-17/h4-7,14-15,18,23,27H,1-3,8-13,16H2. The number of likely N-dealkylation sites (tertiary alicyclic amines) is 1. The number of aryl methyl sites for hydroxylation is 1. The van der Waals surface area contributed by atoms with Gasteiger partial charge in [0.05, 0.1) is 12.2 Å². The fourth-order valence-corrected chi connectivity index (χ4v) is 5.33. The van der Waals surface area contributed by atoms with Gasteiger partial charge in [0.1, 0.15) is 30.0 Å². The number of anilines is 2. The highest BCUT2D eigenvalue weighted by Gasteiger charge is 2.36. The zero-order valence-corrected chi connectivity index (χ0v) is 18.0. The molecule has 3 aliphatic rings. The van der Waals surface area contributed by atoms with E-state index in [0.29, 0.717) is 6.61 Å². The topological polar surface area (TPSA) is 27.7 Å². The average molecular weight is 430 g/mol. The van der Waals surface area contributed by atoms with Gasteiger partial charge < -0.3 is 15.0 Å². The molecule has 1 saturated heterocycles. The van der Waals surface area contributed by atoms with Gasteiger partial charge in [-0.3, -0.25) is 4.90 Å². The van der Waals surface area contributed by atoms with E-state index in [-0.39, 0.29) is 12.0 Å². The fourth-order valence-electron chi connectivity index (χ4n) is 5.12. The van der Waals surface area contributed by atoms with Crippen LogP contribution in [0.4, 0.5) is 15.8 Å². The summed E-state index contributed by atoms with van der Waals surface area (Å²) in [6, 6.07) is 10.9. The summed E-state index contributed by atoms with van der Waals surface area (Å²) in [6.45, 7) is 4.97. The molecule has 1 fully saturated rings. The average Bonchev–Trinajstić information content (AvgIpc) is 3.09. The van der Waals surface area contributed by atoms with Crippen LogP contribution in [-0.2, 0) is 6.42 Å². The molecule has 0 aliphatic carbocycles. The summed E-state index contributed by atoms with van der Waals surface area (Å²) in [7, 11) is 0. The molecule has 3 aliphatic heterocycles. The Balaban J connectivity index is 1.09. The van der Waals surface area contributed by atoms with Crippen LogP contribution in [0.2, 0.25) is 5.02 Å². The third-order valence-electron chi connectivity index (χ3n) is 6.74. The van der Waals surface area contributed by atoms with Crippen molar-refractivity contribution in [2.75, 3.05) is 43.0 Å². The van der Waals surface area contributed by atoms with Crippen molar-refractivity contribution in [3.05, 3.63) is 52.8 Å². The number of hydrogen-bond donors (Lipinski definition) is 1. The number of benzene rings is 2. The SMILES string of the molecule is Fc1ccc(CCCC2CCN(CC3Nc4cc(Cl)cc5c4N3CCO5)CC2)cc1. The van der Waals surface area contributed by atoms with E-state index in [1.165, 1.54) is 36.9 Å². The van der Waals surface area contributed by atoms with Crippen molar-refractivity contribution in [3.8, 4) is 5.75 Å². The maximum absolute atomic E-state index is 13.0. The van der Waals surface area contributed by atoms with Crippen molar-refractivity contribution in [3.63, 3.8) is 0 Å². The molecule has 1 unspecified atom stereocenters. The van der Waals surface area contributed by atoms with E-state index in [1.807, 2.05) is 24.3 Å². The highest BCUT2D eigenvalue weighted by Crippen LogP contribution is 2.46. The minimum atomic E-state index is -0.151. The summed E-state index contributed by atoms with van der Waals surface area (Å²) in [5.41, 5.74) is 3.51. The van der Waals surface area contributed by atoms with Crippen LogP contribution < -0.4 is 15.0 Å². The van der Waals surface area contributed by atoms with Crippen molar-refractivity contribution in [2.24, 2.45) is 5.92 Å². The summed E-state index contributed by atoms with van der Waals surface area (Å²) in [6.07, 6.45) is 6.33. The molecule has 160 valence electrons. The first-order valence-corrected chi connectivity index (χ1v) is 11.5. The molecule has 2 aromatic rings. The molecular weight excluding hydrogens is 401 g/mol. The molecule has 5 rings (SSSR count). The Labute approximate surface area is 183 Å². The third-order valence-corrected chi connectivity index (χ3v) is 6.96. The lowest BCUT2D eigenvalue weighted by atomic mass is 9.90. The van der Waals surface area contributed by atoms with E-state index < -0.39 is 0 Å². The van der Waals surface area contributed by atoms with Crippen molar-refractivity contribution in [1.29, 1.82) is 0 Å². The van der Waals surface area contributed by atoms with Crippen LogP contribution in [-0.4, -0.2) is 43.9 Å². The maximum Gasteiger partial charge on any atom is 0.146 e. The van der Waals surface area contributed by atoms with Crippen LogP contribution in [0.5, 0.6) is 5.75 Å². The number of nitrogens with zero attached hydrogens (tertiary/aromatic N) is 2. The largest absolute Gasteiger partial charge is 0.489 e. The maximum atomic E-state index is 13.0. The Kier molecular flexibility index (Phi) is 5.74. The first kappa shape index (κ1) is 20.0. The normalized spacial score (nSPS) is 21.3. The van der Waals surface area contributed by atoms with Gasteiger partial charge in [-0.15, -0.1) is 0 Å². The Hall–Kier alpha value is -1.98. The molecule has 2 aromatic carbocycles. The molecule has 30 heavy (non-hydrogen) atoms. The minimum absolute atomic E-state index is 0.151. The molecule has 0 saturated carbocycles.